The van der Waals surface area contributed by atoms with Crippen LogP contribution in [0.4, 0.5) is 10.1 Å². The lowest BCUT2D eigenvalue weighted by molar-refractivity contribution is 0.0827. The fraction of sp³-hybridized carbons (Fsp3) is 0.143. The maximum Gasteiger partial charge on any atom is 0.291 e. The van der Waals surface area contributed by atoms with Gasteiger partial charge in [-0.15, -0.1) is 0 Å². The monoisotopic (exact) mass is 382 g/mol. The van der Waals surface area contributed by atoms with Gasteiger partial charge in [0, 0.05) is 25.3 Å². The van der Waals surface area contributed by atoms with Gasteiger partial charge in [-0.2, -0.15) is 0 Å². The van der Waals surface area contributed by atoms with E-state index >= 15 is 0 Å². The average molecular weight is 382 g/mol. The Morgan fingerprint density at radius 2 is 1.68 bits per heavy atom. The zero-order chi connectivity index (χ0) is 20.1. The summed E-state index contributed by atoms with van der Waals surface area (Å²) in [6.07, 6.45) is 0. The van der Waals surface area contributed by atoms with Crippen molar-refractivity contribution in [1.29, 1.82) is 0 Å². The van der Waals surface area contributed by atoms with Gasteiger partial charge in [-0.05, 0) is 60.7 Å². The first-order valence-electron chi connectivity index (χ1n) is 8.52. The summed E-state index contributed by atoms with van der Waals surface area (Å²) in [4.78, 5) is 25.7. The van der Waals surface area contributed by atoms with Gasteiger partial charge >= 0.3 is 0 Å². The van der Waals surface area contributed by atoms with Crippen LogP contribution >= 0.6 is 0 Å². The second-order valence-electron chi connectivity index (χ2n) is 6.24. The molecule has 7 heteroatoms. The summed E-state index contributed by atoms with van der Waals surface area (Å²) >= 11 is 0. The minimum atomic E-state index is -0.417. The van der Waals surface area contributed by atoms with Crippen molar-refractivity contribution in [1.82, 2.24) is 4.90 Å². The van der Waals surface area contributed by atoms with Crippen LogP contribution in [0, 0.1) is 5.82 Å². The van der Waals surface area contributed by atoms with Crippen LogP contribution < -0.4 is 10.1 Å². The number of hydrogen-bond donors (Lipinski definition) is 1. The number of benzene rings is 2. The summed E-state index contributed by atoms with van der Waals surface area (Å²) in [5, 5.41) is 2.71. The number of furan rings is 1. The van der Waals surface area contributed by atoms with Gasteiger partial charge in [0.05, 0.1) is 0 Å². The summed E-state index contributed by atoms with van der Waals surface area (Å²) < 4.78 is 23.9. The topological polar surface area (TPSA) is 71.8 Å². The molecule has 3 aromatic rings. The van der Waals surface area contributed by atoms with Gasteiger partial charge in [-0.25, -0.2) is 4.39 Å². The molecule has 0 atom stereocenters. The molecule has 0 aliphatic heterocycles. The fourth-order valence-corrected chi connectivity index (χ4v) is 2.41. The zero-order valence-corrected chi connectivity index (χ0v) is 15.4. The number of hydrogen-bond acceptors (Lipinski definition) is 4. The Labute approximate surface area is 161 Å². The molecule has 3 rings (SSSR count). The van der Waals surface area contributed by atoms with E-state index in [0.717, 1.165) is 0 Å². The van der Waals surface area contributed by atoms with Gasteiger partial charge in [0.2, 0.25) is 0 Å². The lowest BCUT2D eigenvalue weighted by atomic mass is 10.2. The Bertz CT molecular complexity index is 963. The predicted molar refractivity (Wildman–Crippen MR) is 102 cm³/mol. The Morgan fingerprint density at radius 1 is 1.00 bits per heavy atom. The largest absolute Gasteiger partial charge is 0.486 e. The molecule has 0 aliphatic carbocycles. The van der Waals surface area contributed by atoms with E-state index in [0.29, 0.717) is 22.8 Å². The number of carbonyl (C=O) groups excluding carboxylic acids is 2. The van der Waals surface area contributed by atoms with Gasteiger partial charge in [0.25, 0.3) is 11.8 Å². The fourth-order valence-electron chi connectivity index (χ4n) is 2.41. The molecular formula is C21H19FN2O4. The highest BCUT2D eigenvalue weighted by Crippen LogP contribution is 2.17. The van der Waals surface area contributed by atoms with E-state index < -0.39 is 5.91 Å². The van der Waals surface area contributed by atoms with Gasteiger partial charge in [0.15, 0.2) is 5.76 Å². The smallest absolute Gasteiger partial charge is 0.291 e. The lowest BCUT2D eigenvalue weighted by Crippen LogP contribution is -2.21. The molecule has 144 valence electrons. The van der Waals surface area contributed by atoms with Crippen LogP contribution in [0.3, 0.4) is 0 Å². The van der Waals surface area contributed by atoms with Crippen LogP contribution in [0.5, 0.6) is 5.75 Å². The molecule has 0 spiro atoms. The number of nitrogens with one attached hydrogen (secondary N) is 1. The molecule has 0 aliphatic rings. The molecule has 0 saturated carbocycles. The Balaban J connectivity index is 1.57. The molecule has 1 N–H and O–H groups in total. The highest BCUT2D eigenvalue weighted by molar-refractivity contribution is 6.02. The second-order valence-corrected chi connectivity index (χ2v) is 6.24. The van der Waals surface area contributed by atoms with Crippen LogP contribution in [-0.2, 0) is 6.61 Å². The molecule has 0 fully saturated rings. The number of amides is 2. The van der Waals surface area contributed by atoms with Gasteiger partial charge in [-0.1, -0.05) is 0 Å². The molecule has 0 unspecified atom stereocenters. The van der Waals surface area contributed by atoms with Crippen LogP contribution in [0.2, 0.25) is 0 Å². The Morgan fingerprint density at radius 3 is 2.32 bits per heavy atom. The van der Waals surface area contributed by atoms with E-state index in [1.807, 2.05) is 0 Å². The van der Waals surface area contributed by atoms with Crippen molar-refractivity contribution in [3.05, 3.63) is 83.6 Å². The molecule has 1 aromatic heterocycles. The lowest BCUT2D eigenvalue weighted by Gasteiger charge is -2.10. The maximum atomic E-state index is 12.9. The van der Waals surface area contributed by atoms with Crippen molar-refractivity contribution in [3.8, 4) is 5.75 Å². The SMILES string of the molecule is CN(C)C(=O)c1ccc(NC(=O)c2ccc(COc3ccc(F)cc3)o2)cc1. The third-order valence-corrected chi connectivity index (χ3v) is 3.88. The molecule has 0 saturated heterocycles. The standard InChI is InChI=1S/C21H19FN2O4/c1-24(2)21(26)14-3-7-16(8-4-14)23-20(25)19-12-11-18(28-19)13-27-17-9-5-15(22)6-10-17/h3-12H,13H2,1-2H3,(H,23,25). The number of carbonyl (C=O) groups is 2. The molecule has 1 heterocycles. The number of anilines is 1. The molecular weight excluding hydrogens is 363 g/mol. The first-order chi connectivity index (χ1) is 13.4. The van der Waals surface area contributed by atoms with E-state index in [-0.39, 0.29) is 24.1 Å². The zero-order valence-electron chi connectivity index (χ0n) is 15.4. The van der Waals surface area contributed by atoms with Gasteiger partial charge in [-0.3, -0.25) is 9.59 Å². The molecule has 28 heavy (non-hydrogen) atoms. The average Bonchev–Trinajstić information content (AvgIpc) is 3.17. The summed E-state index contributed by atoms with van der Waals surface area (Å²) in [5.74, 6) is 0.210. The Hall–Kier alpha value is -3.61. The molecule has 6 nitrogen and oxygen atoms in total. The molecule has 0 radical (unpaired) electrons. The first-order valence-corrected chi connectivity index (χ1v) is 8.52. The van der Waals surface area contributed by atoms with E-state index in [2.05, 4.69) is 5.32 Å². The van der Waals surface area contributed by atoms with Crippen molar-refractivity contribution < 1.29 is 23.1 Å². The van der Waals surface area contributed by atoms with Crippen LogP contribution in [0.25, 0.3) is 0 Å². The third-order valence-electron chi connectivity index (χ3n) is 3.88. The van der Waals surface area contributed by atoms with E-state index in [4.69, 9.17) is 9.15 Å². The molecule has 2 amide bonds. The quantitative estimate of drug-likeness (QED) is 0.701. The number of rotatable bonds is 6. The number of halogens is 1. The highest BCUT2D eigenvalue weighted by Gasteiger charge is 2.13. The van der Waals surface area contributed by atoms with Crippen molar-refractivity contribution in [2.24, 2.45) is 0 Å². The van der Waals surface area contributed by atoms with Crippen LogP contribution in [-0.4, -0.2) is 30.8 Å². The minimum Gasteiger partial charge on any atom is -0.486 e. The van der Waals surface area contributed by atoms with Crippen LogP contribution in [0.1, 0.15) is 26.7 Å². The van der Waals surface area contributed by atoms with Crippen molar-refractivity contribution >= 4 is 17.5 Å². The van der Waals surface area contributed by atoms with E-state index in [9.17, 15) is 14.0 Å². The van der Waals surface area contributed by atoms with Crippen molar-refractivity contribution in [3.63, 3.8) is 0 Å². The minimum absolute atomic E-state index is 0.111. The molecule has 0 bridgehead atoms. The first kappa shape index (κ1) is 19.2. The summed E-state index contributed by atoms with van der Waals surface area (Å²) in [6.45, 7) is 0.111. The van der Waals surface area contributed by atoms with Crippen molar-refractivity contribution in [2.45, 2.75) is 6.61 Å². The maximum absolute atomic E-state index is 12.9. The van der Waals surface area contributed by atoms with Gasteiger partial charge < -0.3 is 19.4 Å². The van der Waals surface area contributed by atoms with E-state index in [1.165, 1.54) is 29.2 Å². The molecule has 2 aromatic carbocycles. The summed E-state index contributed by atoms with van der Waals surface area (Å²) in [7, 11) is 3.35. The summed E-state index contributed by atoms with van der Waals surface area (Å²) in [6, 6.07) is 15.4. The number of ether oxygens (including phenoxy) is 1. The second kappa shape index (κ2) is 8.39. The third kappa shape index (κ3) is 4.76. The van der Waals surface area contributed by atoms with E-state index in [1.54, 1.807) is 50.5 Å². The van der Waals surface area contributed by atoms with Crippen molar-refractivity contribution in [2.75, 3.05) is 19.4 Å². The highest BCUT2D eigenvalue weighted by atomic mass is 19.1. The van der Waals surface area contributed by atoms with Gasteiger partial charge in [0.1, 0.15) is 23.9 Å². The van der Waals surface area contributed by atoms with Crippen LogP contribution in [0.15, 0.2) is 65.1 Å². The normalized spacial score (nSPS) is 10.4. The number of nitrogens with zero attached hydrogens (tertiary/aromatic N) is 1. The Kier molecular flexibility index (Phi) is 5.74. The summed E-state index contributed by atoms with van der Waals surface area (Å²) in [5.41, 5.74) is 1.07. The predicted octanol–water partition coefficient (Wildman–Crippen LogP) is 3.95.